The maximum Gasteiger partial charge on any atom is 0.261 e. The number of hydrogen-bond acceptors (Lipinski definition) is 3. The number of nitrogen functional groups attached to an aromatic ring is 1. The Morgan fingerprint density at radius 2 is 1.90 bits per heavy atom. The van der Waals surface area contributed by atoms with Gasteiger partial charge >= 0.3 is 0 Å². The fourth-order valence-electron chi connectivity index (χ4n) is 1.85. The molecule has 0 aliphatic rings. The summed E-state index contributed by atoms with van der Waals surface area (Å²) >= 11 is 0. The van der Waals surface area contributed by atoms with Gasteiger partial charge in [0.2, 0.25) is 0 Å². The largest absolute Gasteiger partial charge is 0.398 e. The molecule has 2 aromatic rings. The molecule has 0 heterocycles. The van der Waals surface area contributed by atoms with E-state index in [2.05, 4.69) is 4.72 Å². The van der Waals surface area contributed by atoms with Gasteiger partial charge in [-0.2, -0.15) is 0 Å². The first-order valence-electron chi connectivity index (χ1n) is 6.40. The van der Waals surface area contributed by atoms with Crippen molar-refractivity contribution in [3.05, 3.63) is 53.6 Å². The Labute approximate surface area is 119 Å². The smallest absolute Gasteiger partial charge is 0.261 e. The van der Waals surface area contributed by atoms with Gasteiger partial charge < -0.3 is 5.73 Å². The van der Waals surface area contributed by atoms with Crippen molar-refractivity contribution in [3.8, 4) is 0 Å². The van der Waals surface area contributed by atoms with Gasteiger partial charge in [0, 0.05) is 11.4 Å². The number of nitrogens with one attached hydrogen (secondary N) is 1. The highest BCUT2D eigenvalue weighted by Crippen LogP contribution is 2.21. The SMILES string of the molecule is CCc1cccc(NS(=O)(=O)c2ccc(C)c(N)c2)c1. The van der Waals surface area contributed by atoms with Crippen molar-refractivity contribution < 1.29 is 8.42 Å². The van der Waals surface area contributed by atoms with E-state index >= 15 is 0 Å². The van der Waals surface area contributed by atoms with Crippen LogP contribution in [-0.4, -0.2) is 8.42 Å². The molecule has 4 nitrogen and oxygen atoms in total. The molecule has 0 fully saturated rings. The van der Waals surface area contributed by atoms with Crippen molar-refractivity contribution in [2.45, 2.75) is 25.2 Å². The summed E-state index contributed by atoms with van der Waals surface area (Å²) in [6.45, 7) is 3.86. The van der Waals surface area contributed by atoms with Crippen molar-refractivity contribution in [2.75, 3.05) is 10.5 Å². The first-order valence-corrected chi connectivity index (χ1v) is 7.88. The second kappa shape index (κ2) is 5.54. The van der Waals surface area contributed by atoms with Gasteiger partial charge in [-0.1, -0.05) is 25.1 Å². The average Bonchev–Trinajstić information content (AvgIpc) is 2.41. The lowest BCUT2D eigenvalue weighted by molar-refractivity contribution is 0.601. The fraction of sp³-hybridized carbons (Fsp3) is 0.200. The van der Waals surface area contributed by atoms with Crippen molar-refractivity contribution in [2.24, 2.45) is 0 Å². The van der Waals surface area contributed by atoms with E-state index in [0.717, 1.165) is 17.5 Å². The summed E-state index contributed by atoms with van der Waals surface area (Å²) in [7, 11) is -3.61. The number of sulfonamides is 1. The van der Waals surface area contributed by atoms with Gasteiger partial charge in [-0.3, -0.25) is 4.72 Å². The zero-order chi connectivity index (χ0) is 14.8. The Bertz CT molecular complexity index is 724. The van der Waals surface area contributed by atoms with Crippen molar-refractivity contribution >= 4 is 21.4 Å². The third-order valence-electron chi connectivity index (χ3n) is 3.15. The van der Waals surface area contributed by atoms with Gasteiger partial charge in [-0.25, -0.2) is 8.42 Å². The predicted octanol–water partition coefficient (Wildman–Crippen LogP) is 2.94. The van der Waals surface area contributed by atoms with Gasteiger partial charge in [-0.05, 0) is 48.7 Å². The van der Waals surface area contributed by atoms with Crippen LogP contribution in [0, 0.1) is 6.92 Å². The summed E-state index contributed by atoms with van der Waals surface area (Å²) in [5, 5.41) is 0. The van der Waals surface area contributed by atoms with Crippen molar-refractivity contribution in [1.29, 1.82) is 0 Å². The topological polar surface area (TPSA) is 72.2 Å². The molecule has 0 spiro atoms. The first kappa shape index (κ1) is 14.4. The molecule has 0 bridgehead atoms. The van der Waals surface area contributed by atoms with Crippen LogP contribution in [0.1, 0.15) is 18.1 Å². The van der Waals surface area contributed by atoms with E-state index in [4.69, 9.17) is 5.73 Å². The molecule has 0 atom stereocenters. The maximum atomic E-state index is 12.3. The average molecular weight is 290 g/mol. The molecule has 20 heavy (non-hydrogen) atoms. The quantitative estimate of drug-likeness (QED) is 0.850. The second-order valence-corrected chi connectivity index (χ2v) is 6.36. The minimum Gasteiger partial charge on any atom is -0.398 e. The van der Waals surface area contributed by atoms with Gasteiger partial charge in [0.1, 0.15) is 0 Å². The van der Waals surface area contributed by atoms with E-state index < -0.39 is 10.0 Å². The van der Waals surface area contributed by atoms with Crippen LogP contribution in [0.4, 0.5) is 11.4 Å². The van der Waals surface area contributed by atoms with E-state index in [-0.39, 0.29) is 4.90 Å². The number of anilines is 2. The molecule has 0 unspecified atom stereocenters. The van der Waals surface area contributed by atoms with E-state index in [0.29, 0.717) is 11.4 Å². The minimum atomic E-state index is -3.61. The predicted molar refractivity (Wildman–Crippen MR) is 82.2 cm³/mol. The van der Waals surface area contributed by atoms with E-state index in [1.165, 1.54) is 6.07 Å². The molecule has 3 N–H and O–H groups in total. The monoisotopic (exact) mass is 290 g/mol. The second-order valence-electron chi connectivity index (χ2n) is 4.68. The zero-order valence-corrected chi connectivity index (χ0v) is 12.4. The van der Waals surface area contributed by atoms with Crippen LogP contribution in [0.2, 0.25) is 0 Å². The van der Waals surface area contributed by atoms with Gasteiger partial charge in [-0.15, -0.1) is 0 Å². The summed E-state index contributed by atoms with van der Waals surface area (Å²) in [5.41, 5.74) is 8.73. The first-order chi connectivity index (χ1) is 9.42. The van der Waals surface area contributed by atoms with Crippen molar-refractivity contribution in [3.63, 3.8) is 0 Å². The van der Waals surface area contributed by atoms with Crippen molar-refractivity contribution in [1.82, 2.24) is 0 Å². The third-order valence-corrected chi connectivity index (χ3v) is 4.53. The number of benzene rings is 2. The minimum absolute atomic E-state index is 0.169. The molecule has 0 amide bonds. The van der Waals surface area contributed by atoms with Gasteiger partial charge in [0.15, 0.2) is 0 Å². The Kier molecular flexibility index (Phi) is 3.99. The molecule has 2 rings (SSSR count). The van der Waals surface area contributed by atoms with Crippen LogP contribution in [-0.2, 0) is 16.4 Å². The van der Waals surface area contributed by atoms with Crippen LogP contribution in [0.15, 0.2) is 47.4 Å². The van der Waals surface area contributed by atoms with E-state index in [1.54, 1.807) is 18.2 Å². The summed E-state index contributed by atoms with van der Waals surface area (Å²) in [5.74, 6) is 0. The number of aryl methyl sites for hydroxylation is 2. The highest BCUT2D eigenvalue weighted by atomic mass is 32.2. The molecule has 0 aliphatic heterocycles. The maximum absolute atomic E-state index is 12.3. The van der Waals surface area contributed by atoms with Crippen LogP contribution < -0.4 is 10.5 Å². The molecule has 106 valence electrons. The summed E-state index contributed by atoms with van der Waals surface area (Å²) in [4.78, 5) is 0.169. The molecular formula is C15H18N2O2S. The molecule has 0 aliphatic carbocycles. The highest BCUT2D eigenvalue weighted by molar-refractivity contribution is 7.92. The Balaban J connectivity index is 2.32. The summed E-state index contributed by atoms with van der Waals surface area (Å²) < 4.78 is 27.2. The van der Waals surface area contributed by atoms with Crippen LogP contribution in [0.5, 0.6) is 0 Å². The summed E-state index contributed by atoms with van der Waals surface area (Å²) in [6, 6.07) is 12.1. The zero-order valence-electron chi connectivity index (χ0n) is 11.6. The van der Waals surface area contributed by atoms with E-state index in [1.807, 2.05) is 32.0 Å². The lowest BCUT2D eigenvalue weighted by Crippen LogP contribution is -2.13. The summed E-state index contributed by atoms with van der Waals surface area (Å²) in [6.07, 6.45) is 0.854. The normalized spacial score (nSPS) is 11.3. The lowest BCUT2D eigenvalue weighted by atomic mass is 10.1. The van der Waals surface area contributed by atoms with Crippen LogP contribution >= 0.6 is 0 Å². The lowest BCUT2D eigenvalue weighted by Gasteiger charge is -2.10. The van der Waals surface area contributed by atoms with E-state index in [9.17, 15) is 8.42 Å². The fourth-order valence-corrected chi connectivity index (χ4v) is 2.94. The molecule has 0 aromatic heterocycles. The standard InChI is InChI=1S/C15H18N2O2S/c1-3-12-5-4-6-13(9-12)17-20(18,19)14-8-7-11(2)15(16)10-14/h4-10,17H,3,16H2,1-2H3. The number of nitrogens with two attached hydrogens (primary N) is 1. The highest BCUT2D eigenvalue weighted by Gasteiger charge is 2.15. The Morgan fingerprint density at radius 1 is 1.15 bits per heavy atom. The number of hydrogen-bond donors (Lipinski definition) is 2. The van der Waals surface area contributed by atoms with Gasteiger partial charge in [0.05, 0.1) is 4.90 Å². The molecule has 0 saturated carbocycles. The molecular weight excluding hydrogens is 272 g/mol. The molecule has 2 aromatic carbocycles. The molecule has 0 saturated heterocycles. The molecule has 5 heteroatoms. The number of rotatable bonds is 4. The third kappa shape index (κ3) is 3.11. The Morgan fingerprint density at radius 3 is 2.55 bits per heavy atom. The Hall–Kier alpha value is -2.01. The van der Waals surface area contributed by atoms with Gasteiger partial charge in [0.25, 0.3) is 10.0 Å². The molecule has 0 radical (unpaired) electrons. The van der Waals surface area contributed by atoms with Crippen LogP contribution in [0.25, 0.3) is 0 Å². The van der Waals surface area contributed by atoms with Crippen LogP contribution in [0.3, 0.4) is 0 Å².